The molecule has 2 heterocycles. The van der Waals surface area contributed by atoms with Gasteiger partial charge in [0, 0.05) is 17.9 Å². The fourth-order valence-electron chi connectivity index (χ4n) is 2.93. The molecule has 0 aromatic heterocycles. The van der Waals surface area contributed by atoms with E-state index in [1.165, 1.54) is 12.1 Å². The van der Waals surface area contributed by atoms with Crippen LogP contribution in [0.1, 0.15) is 31.4 Å². The summed E-state index contributed by atoms with van der Waals surface area (Å²) >= 11 is 0. The second-order valence-corrected chi connectivity index (χ2v) is 5.83. The third kappa shape index (κ3) is 3.41. The Balaban J connectivity index is 1.83. The summed E-state index contributed by atoms with van der Waals surface area (Å²) in [4.78, 5) is 24.3. The second kappa shape index (κ2) is 7.00. The minimum Gasteiger partial charge on any atom is -0.459 e. The van der Waals surface area contributed by atoms with Crippen molar-refractivity contribution >= 4 is 12.0 Å². The highest BCUT2D eigenvalue weighted by Gasteiger charge is 2.34. The number of urea groups is 1. The van der Waals surface area contributed by atoms with Crippen LogP contribution in [0.2, 0.25) is 0 Å². The normalized spacial score (nSPS) is 23.7. The van der Waals surface area contributed by atoms with Gasteiger partial charge in [-0.25, -0.2) is 14.0 Å². The summed E-state index contributed by atoms with van der Waals surface area (Å²) in [5.74, 6) is -1.09. The van der Waals surface area contributed by atoms with E-state index in [0.29, 0.717) is 12.3 Å². The highest BCUT2D eigenvalue weighted by molar-refractivity contribution is 5.95. The summed E-state index contributed by atoms with van der Waals surface area (Å²) in [5, 5.41) is 5.12. The molecule has 2 N–H and O–H groups in total. The number of rotatable bonds is 4. The van der Waals surface area contributed by atoms with E-state index in [2.05, 4.69) is 10.6 Å². The molecule has 1 aromatic rings. The number of carbonyl (C=O) groups excluding carboxylic acids is 2. The molecule has 1 saturated heterocycles. The molecule has 0 bridgehead atoms. The van der Waals surface area contributed by atoms with Gasteiger partial charge in [-0.05, 0) is 25.8 Å². The summed E-state index contributed by atoms with van der Waals surface area (Å²) in [5.41, 5.74) is 0.762. The van der Waals surface area contributed by atoms with Crippen LogP contribution in [0.25, 0.3) is 0 Å². The van der Waals surface area contributed by atoms with Crippen molar-refractivity contribution in [1.29, 1.82) is 0 Å². The van der Waals surface area contributed by atoms with Crippen molar-refractivity contribution in [2.24, 2.45) is 0 Å². The van der Waals surface area contributed by atoms with E-state index in [4.69, 9.17) is 9.47 Å². The highest BCUT2D eigenvalue weighted by Crippen LogP contribution is 2.29. The number of hydrogen-bond acceptors (Lipinski definition) is 4. The minimum atomic E-state index is -0.892. The maximum Gasteiger partial charge on any atom is 0.338 e. The standard InChI is InChI=1S/C17H19FN2O4/c1-10-14(16(21)24-9-11-5-4-8-23-11)15(20-17(22)19-10)12-6-2-3-7-13(12)18/h2-3,6-7,11,15H,4-5,8-9H2,1H3,(H2,19,20,22)/t11-,15-/m1/s1. The molecular weight excluding hydrogens is 315 g/mol. The maximum atomic E-state index is 14.1. The van der Waals surface area contributed by atoms with Crippen LogP contribution in [-0.2, 0) is 14.3 Å². The molecule has 2 aliphatic rings. The fraction of sp³-hybridized carbons (Fsp3) is 0.412. The van der Waals surface area contributed by atoms with Gasteiger partial charge in [0.1, 0.15) is 12.4 Å². The lowest BCUT2D eigenvalue weighted by atomic mass is 9.95. The number of ether oxygens (including phenoxy) is 2. The molecule has 0 saturated carbocycles. The number of esters is 1. The zero-order valence-corrected chi connectivity index (χ0v) is 13.3. The molecular formula is C17H19FN2O4. The van der Waals surface area contributed by atoms with E-state index in [-0.39, 0.29) is 23.8 Å². The van der Waals surface area contributed by atoms with E-state index in [1.807, 2.05) is 0 Å². The second-order valence-electron chi connectivity index (χ2n) is 5.83. The number of benzene rings is 1. The smallest absolute Gasteiger partial charge is 0.338 e. The molecule has 3 rings (SSSR count). The van der Waals surface area contributed by atoms with Gasteiger partial charge in [-0.15, -0.1) is 0 Å². The molecule has 2 aliphatic heterocycles. The van der Waals surface area contributed by atoms with Gasteiger partial charge in [0.25, 0.3) is 0 Å². The summed E-state index contributed by atoms with van der Waals surface area (Å²) in [6.07, 6.45) is 1.68. The van der Waals surface area contributed by atoms with Crippen molar-refractivity contribution < 1.29 is 23.5 Å². The van der Waals surface area contributed by atoms with Crippen molar-refractivity contribution in [3.63, 3.8) is 0 Å². The monoisotopic (exact) mass is 334 g/mol. The molecule has 2 atom stereocenters. The zero-order chi connectivity index (χ0) is 17.1. The first kappa shape index (κ1) is 16.4. The average Bonchev–Trinajstić information content (AvgIpc) is 3.06. The van der Waals surface area contributed by atoms with Crippen molar-refractivity contribution in [2.45, 2.75) is 31.9 Å². The van der Waals surface area contributed by atoms with E-state index >= 15 is 0 Å². The van der Waals surface area contributed by atoms with Gasteiger partial charge in [-0.1, -0.05) is 18.2 Å². The lowest BCUT2D eigenvalue weighted by Gasteiger charge is -2.28. The topological polar surface area (TPSA) is 76.7 Å². The molecule has 2 amide bonds. The molecule has 128 valence electrons. The maximum absolute atomic E-state index is 14.1. The van der Waals surface area contributed by atoms with E-state index in [1.54, 1.807) is 19.1 Å². The number of hydrogen-bond donors (Lipinski definition) is 2. The van der Waals surface area contributed by atoms with Crippen LogP contribution >= 0.6 is 0 Å². The van der Waals surface area contributed by atoms with Crippen molar-refractivity contribution in [2.75, 3.05) is 13.2 Å². The Morgan fingerprint density at radius 3 is 2.92 bits per heavy atom. The van der Waals surface area contributed by atoms with Gasteiger partial charge in [0.15, 0.2) is 0 Å². The predicted molar refractivity (Wildman–Crippen MR) is 83.4 cm³/mol. The highest BCUT2D eigenvalue weighted by atomic mass is 19.1. The molecule has 1 fully saturated rings. The Morgan fingerprint density at radius 2 is 2.21 bits per heavy atom. The van der Waals surface area contributed by atoms with Crippen LogP contribution < -0.4 is 10.6 Å². The van der Waals surface area contributed by atoms with Crippen LogP contribution in [0, 0.1) is 5.82 Å². The van der Waals surface area contributed by atoms with Crippen LogP contribution in [0.3, 0.4) is 0 Å². The van der Waals surface area contributed by atoms with Crippen molar-refractivity contribution in [3.8, 4) is 0 Å². The minimum absolute atomic E-state index is 0.104. The number of nitrogens with one attached hydrogen (secondary N) is 2. The Hall–Kier alpha value is -2.41. The molecule has 0 spiro atoms. The zero-order valence-electron chi connectivity index (χ0n) is 13.3. The number of carbonyl (C=O) groups is 2. The first-order chi connectivity index (χ1) is 11.6. The first-order valence-electron chi connectivity index (χ1n) is 7.87. The Labute approximate surface area is 139 Å². The Bertz CT molecular complexity index is 683. The molecule has 0 unspecified atom stereocenters. The van der Waals surface area contributed by atoms with Gasteiger partial charge in [-0.2, -0.15) is 0 Å². The van der Waals surface area contributed by atoms with Gasteiger partial charge in [0.05, 0.1) is 17.7 Å². The summed E-state index contributed by atoms with van der Waals surface area (Å²) in [6, 6.07) is 4.64. The quantitative estimate of drug-likeness (QED) is 0.828. The van der Waals surface area contributed by atoms with Crippen LogP contribution in [-0.4, -0.2) is 31.3 Å². The molecule has 24 heavy (non-hydrogen) atoms. The lowest BCUT2D eigenvalue weighted by Crippen LogP contribution is -2.45. The molecule has 1 aromatic carbocycles. The van der Waals surface area contributed by atoms with Crippen LogP contribution in [0.15, 0.2) is 35.5 Å². The largest absolute Gasteiger partial charge is 0.459 e. The SMILES string of the molecule is CC1=C(C(=O)OC[C@H]2CCCO2)[C@@H](c2ccccc2F)NC(=O)N1. The summed E-state index contributed by atoms with van der Waals surface area (Å²) in [7, 11) is 0. The van der Waals surface area contributed by atoms with E-state index in [0.717, 1.165) is 12.8 Å². The lowest BCUT2D eigenvalue weighted by molar-refractivity contribution is -0.142. The van der Waals surface area contributed by atoms with E-state index in [9.17, 15) is 14.0 Å². The van der Waals surface area contributed by atoms with Crippen LogP contribution in [0.5, 0.6) is 0 Å². The van der Waals surface area contributed by atoms with Crippen molar-refractivity contribution in [1.82, 2.24) is 10.6 Å². The average molecular weight is 334 g/mol. The number of allylic oxidation sites excluding steroid dienone is 1. The fourth-order valence-corrected chi connectivity index (χ4v) is 2.93. The van der Waals surface area contributed by atoms with Crippen molar-refractivity contribution in [3.05, 3.63) is 46.9 Å². The van der Waals surface area contributed by atoms with Crippen LogP contribution in [0.4, 0.5) is 9.18 Å². The molecule has 0 radical (unpaired) electrons. The number of halogens is 1. The Morgan fingerprint density at radius 1 is 1.42 bits per heavy atom. The summed E-state index contributed by atoms with van der Waals surface area (Å²) < 4.78 is 24.9. The predicted octanol–water partition coefficient (Wildman–Crippen LogP) is 2.18. The molecule has 6 nitrogen and oxygen atoms in total. The number of amides is 2. The molecule has 7 heteroatoms. The first-order valence-corrected chi connectivity index (χ1v) is 7.87. The summed E-state index contributed by atoms with van der Waals surface area (Å²) in [6.45, 7) is 2.40. The third-order valence-corrected chi connectivity index (χ3v) is 4.13. The van der Waals surface area contributed by atoms with E-state index < -0.39 is 23.9 Å². The molecule has 0 aliphatic carbocycles. The van der Waals surface area contributed by atoms with Gasteiger partial charge < -0.3 is 20.1 Å². The van der Waals surface area contributed by atoms with Gasteiger partial charge in [-0.3, -0.25) is 0 Å². The Kier molecular flexibility index (Phi) is 4.80. The van der Waals surface area contributed by atoms with Gasteiger partial charge >= 0.3 is 12.0 Å². The third-order valence-electron chi connectivity index (χ3n) is 4.13. The van der Waals surface area contributed by atoms with Gasteiger partial charge in [0.2, 0.25) is 0 Å².